The molecule has 4 aromatic rings. The third-order valence-corrected chi connectivity index (χ3v) is 10.0. The van der Waals surface area contributed by atoms with Crippen LogP contribution in [0, 0.1) is 12.8 Å². The molecule has 2 amide bonds. The number of methoxy groups -OCH3 is 1. The third kappa shape index (κ3) is 9.50. The molecule has 1 atom stereocenters. The number of benzene rings is 4. The number of rotatable bonds is 14. The van der Waals surface area contributed by atoms with E-state index in [1.807, 2.05) is 51.1 Å². The van der Waals surface area contributed by atoms with E-state index in [0.29, 0.717) is 27.9 Å². The highest BCUT2D eigenvalue weighted by atomic mass is 35.5. The van der Waals surface area contributed by atoms with Crippen LogP contribution in [-0.2, 0) is 32.6 Å². The number of halogens is 2. The fourth-order valence-electron chi connectivity index (χ4n) is 4.94. The number of nitrogens with one attached hydrogen (secondary N) is 1. The molecule has 0 heterocycles. The average molecular weight is 697 g/mol. The second kappa shape index (κ2) is 16.2. The summed E-state index contributed by atoms with van der Waals surface area (Å²) >= 11 is 12.5. The summed E-state index contributed by atoms with van der Waals surface area (Å²) in [6.07, 6.45) is 0.196. The zero-order chi connectivity index (χ0) is 34.1. The van der Waals surface area contributed by atoms with Gasteiger partial charge >= 0.3 is 0 Å². The summed E-state index contributed by atoms with van der Waals surface area (Å²) < 4.78 is 34.9. The van der Waals surface area contributed by atoms with Crippen molar-refractivity contribution in [2.75, 3.05) is 24.5 Å². The summed E-state index contributed by atoms with van der Waals surface area (Å²) in [6, 6.07) is 26.3. The highest BCUT2D eigenvalue weighted by Crippen LogP contribution is 2.29. The summed E-state index contributed by atoms with van der Waals surface area (Å²) in [4.78, 5) is 29.9. The Labute approximate surface area is 287 Å². The maximum atomic E-state index is 14.6. The summed E-state index contributed by atoms with van der Waals surface area (Å²) in [7, 11) is -2.77. The lowest BCUT2D eigenvalue weighted by Crippen LogP contribution is -2.53. The van der Waals surface area contributed by atoms with Crippen molar-refractivity contribution >= 4 is 50.7 Å². The van der Waals surface area contributed by atoms with Gasteiger partial charge in [-0.15, -0.1) is 0 Å². The van der Waals surface area contributed by atoms with Gasteiger partial charge in [0, 0.05) is 25.6 Å². The topological polar surface area (TPSA) is 96.0 Å². The van der Waals surface area contributed by atoms with Gasteiger partial charge in [0.1, 0.15) is 18.3 Å². The maximum absolute atomic E-state index is 14.6. The number of anilines is 1. The summed E-state index contributed by atoms with van der Waals surface area (Å²) in [5, 5.41) is 3.61. The first-order chi connectivity index (χ1) is 22.4. The van der Waals surface area contributed by atoms with Crippen LogP contribution < -0.4 is 14.4 Å². The van der Waals surface area contributed by atoms with Crippen LogP contribution in [0.3, 0.4) is 0 Å². The van der Waals surface area contributed by atoms with Crippen LogP contribution >= 0.6 is 23.2 Å². The van der Waals surface area contributed by atoms with E-state index in [0.717, 1.165) is 15.4 Å². The Morgan fingerprint density at radius 1 is 0.851 bits per heavy atom. The number of carbonyl (C=O) groups excluding carboxylic acids is 2. The second-order valence-electron chi connectivity index (χ2n) is 11.6. The van der Waals surface area contributed by atoms with E-state index in [-0.39, 0.29) is 35.4 Å². The quantitative estimate of drug-likeness (QED) is 0.155. The van der Waals surface area contributed by atoms with E-state index in [9.17, 15) is 18.0 Å². The molecule has 0 aliphatic rings. The van der Waals surface area contributed by atoms with Crippen LogP contribution in [0.15, 0.2) is 102 Å². The van der Waals surface area contributed by atoms with Gasteiger partial charge in [0.25, 0.3) is 10.0 Å². The maximum Gasteiger partial charge on any atom is 0.264 e. The van der Waals surface area contributed by atoms with Gasteiger partial charge in [-0.2, -0.15) is 0 Å². The van der Waals surface area contributed by atoms with Crippen molar-refractivity contribution in [2.45, 2.75) is 44.7 Å². The van der Waals surface area contributed by atoms with Gasteiger partial charge < -0.3 is 15.0 Å². The first-order valence-corrected chi connectivity index (χ1v) is 17.4. The van der Waals surface area contributed by atoms with Crippen LogP contribution in [0.5, 0.6) is 5.75 Å². The third-order valence-electron chi connectivity index (χ3n) is 7.52. The fraction of sp³-hybridized carbons (Fsp3) is 0.278. The number of nitrogens with zero attached hydrogens (tertiary/aromatic N) is 2. The van der Waals surface area contributed by atoms with Crippen LogP contribution in [0.25, 0.3) is 0 Å². The lowest BCUT2D eigenvalue weighted by atomic mass is 10.0. The summed E-state index contributed by atoms with van der Waals surface area (Å²) in [5.41, 5.74) is 2.58. The van der Waals surface area contributed by atoms with Crippen LogP contribution in [0.4, 0.5) is 5.69 Å². The molecule has 4 rings (SSSR count). The molecule has 0 unspecified atom stereocenters. The first-order valence-electron chi connectivity index (χ1n) is 15.2. The van der Waals surface area contributed by atoms with E-state index in [1.54, 1.807) is 54.6 Å². The monoisotopic (exact) mass is 695 g/mol. The van der Waals surface area contributed by atoms with Crippen molar-refractivity contribution < 1.29 is 22.7 Å². The van der Waals surface area contributed by atoms with Crippen molar-refractivity contribution in [3.63, 3.8) is 0 Å². The standard InChI is InChI=1S/C36H39Cl2N3O5S/c1-25(2)22-39-36(43)34(20-27-9-6-5-7-10-27)40(23-28-15-18-32(37)33(38)19-28)35(42)24-41(29-11-8-12-30(21-29)46-4)47(44,45)31-16-13-26(3)14-17-31/h5-19,21,25,34H,20,22-24H2,1-4H3,(H,39,43)/t34-/m1/s1. The molecule has 0 bridgehead atoms. The number of carbonyl (C=O) groups is 2. The Balaban J connectivity index is 1.82. The first kappa shape index (κ1) is 35.8. The van der Waals surface area contributed by atoms with Gasteiger partial charge in [-0.25, -0.2) is 8.42 Å². The molecule has 0 saturated heterocycles. The number of amides is 2. The van der Waals surface area contributed by atoms with Gasteiger partial charge in [0.15, 0.2) is 0 Å². The van der Waals surface area contributed by atoms with Crippen molar-refractivity contribution in [1.29, 1.82) is 0 Å². The molecule has 0 aliphatic carbocycles. The zero-order valence-corrected chi connectivity index (χ0v) is 29.1. The molecule has 0 aromatic heterocycles. The van der Waals surface area contributed by atoms with Gasteiger partial charge in [0.2, 0.25) is 11.8 Å². The minimum absolute atomic E-state index is 0.0188. The molecule has 248 valence electrons. The number of hydrogen-bond acceptors (Lipinski definition) is 5. The molecule has 0 aliphatic heterocycles. The molecule has 8 nitrogen and oxygen atoms in total. The molecule has 0 spiro atoms. The van der Waals surface area contributed by atoms with Crippen molar-refractivity contribution in [2.24, 2.45) is 5.92 Å². The highest BCUT2D eigenvalue weighted by molar-refractivity contribution is 7.92. The van der Waals surface area contributed by atoms with E-state index >= 15 is 0 Å². The molecule has 1 N–H and O–H groups in total. The second-order valence-corrected chi connectivity index (χ2v) is 14.3. The molecule has 0 radical (unpaired) electrons. The zero-order valence-electron chi connectivity index (χ0n) is 26.8. The van der Waals surface area contributed by atoms with Crippen molar-refractivity contribution in [3.05, 3.63) is 124 Å². The Bertz CT molecular complexity index is 1780. The number of aryl methyl sites for hydroxylation is 1. The lowest BCUT2D eigenvalue weighted by Gasteiger charge is -2.34. The van der Waals surface area contributed by atoms with E-state index in [1.165, 1.54) is 24.1 Å². The van der Waals surface area contributed by atoms with E-state index in [2.05, 4.69) is 5.32 Å². The molecule has 0 fully saturated rings. The Kier molecular flexibility index (Phi) is 12.3. The number of hydrogen-bond donors (Lipinski definition) is 1. The Morgan fingerprint density at radius 3 is 2.19 bits per heavy atom. The van der Waals surface area contributed by atoms with Gasteiger partial charge in [-0.1, -0.05) is 97.2 Å². The minimum atomic E-state index is -4.24. The number of ether oxygens (including phenoxy) is 1. The average Bonchev–Trinajstić information content (AvgIpc) is 3.06. The normalized spacial score (nSPS) is 12.0. The van der Waals surface area contributed by atoms with Crippen LogP contribution in [0.1, 0.15) is 30.5 Å². The highest BCUT2D eigenvalue weighted by Gasteiger charge is 2.35. The molecule has 0 saturated carbocycles. The summed E-state index contributed by atoms with van der Waals surface area (Å²) in [6.45, 7) is 5.60. The molecular weight excluding hydrogens is 657 g/mol. The predicted molar refractivity (Wildman–Crippen MR) is 187 cm³/mol. The van der Waals surface area contributed by atoms with Gasteiger partial charge in [0.05, 0.1) is 27.7 Å². The molecule has 47 heavy (non-hydrogen) atoms. The van der Waals surface area contributed by atoms with Crippen LogP contribution in [0.2, 0.25) is 10.0 Å². The van der Waals surface area contributed by atoms with Crippen LogP contribution in [-0.4, -0.2) is 51.4 Å². The van der Waals surface area contributed by atoms with E-state index < -0.39 is 28.5 Å². The Hall–Kier alpha value is -4.05. The van der Waals surface area contributed by atoms with E-state index in [4.69, 9.17) is 27.9 Å². The Morgan fingerprint density at radius 2 is 1.55 bits per heavy atom. The lowest BCUT2D eigenvalue weighted by molar-refractivity contribution is -0.140. The fourth-order valence-corrected chi connectivity index (χ4v) is 6.67. The molecular formula is C36H39Cl2N3O5S. The SMILES string of the molecule is COc1cccc(N(CC(=O)N(Cc2ccc(Cl)c(Cl)c2)[C@H](Cc2ccccc2)C(=O)NCC(C)C)S(=O)(=O)c2ccc(C)cc2)c1. The van der Waals surface area contributed by atoms with Gasteiger partial charge in [-0.05, 0) is 60.4 Å². The largest absolute Gasteiger partial charge is 0.497 e. The number of sulfonamides is 1. The predicted octanol–water partition coefficient (Wildman–Crippen LogP) is 6.92. The summed E-state index contributed by atoms with van der Waals surface area (Å²) in [5.74, 6) is -0.360. The minimum Gasteiger partial charge on any atom is -0.497 e. The van der Waals surface area contributed by atoms with Gasteiger partial charge in [-0.3, -0.25) is 13.9 Å². The molecule has 4 aromatic carbocycles. The van der Waals surface area contributed by atoms with Crippen molar-refractivity contribution in [1.82, 2.24) is 10.2 Å². The smallest absolute Gasteiger partial charge is 0.264 e. The molecule has 11 heteroatoms. The van der Waals surface area contributed by atoms with Crippen molar-refractivity contribution in [3.8, 4) is 5.75 Å².